The third-order valence-corrected chi connectivity index (χ3v) is 6.18. The molecule has 1 aliphatic heterocycles. The van der Waals surface area contributed by atoms with Gasteiger partial charge in [0.1, 0.15) is 29.1 Å². The van der Waals surface area contributed by atoms with E-state index in [4.69, 9.17) is 9.15 Å². The summed E-state index contributed by atoms with van der Waals surface area (Å²) < 4.78 is 25.0. The number of oxazole rings is 1. The van der Waals surface area contributed by atoms with Crippen molar-refractivity contribution in [3.05, 3.63) is 89.5 Å². The summed E-state index contributed by atoms with van der Waals surface area (Å²) in [5.74, 6) is 1.52. The Balaban J connectivity index is 1.35. The molecule has 5 rings (SSSR count). The number of ether oxygens (including phenoxy) is 1. The number of hydrogen-bond donors (Lipinski definition) is 1. The fourth-order valence-electron chi connectivity index (χ4n) is 4.48. The van der Waals surface area contributed by atoms with Gasteiger partial charge in [0.05, 0.1) is 18.5 Å². The van der Waals surface area contributed by atoms with Crippen molar-refractivity contribution in [1.82, 2.24) is 20.1 Å². The average molecular weight is 475 g/mol. The number of carbonyl (C=O) groups is 1. The van der Waals surface area contributed by atoms with Crippen molar-refractivity contribution in [2.45, 2.75) is 38.6 Å². The highest BCUT2D eigenvalue weighted by molar-refractivity contribution is 5.94. The lowest BCUT2D eigenvalue weighted by atomic mass is 10.0. The van der Waals surface area contributed by atoms with Crippen molar-refractivity contribution in [2.24, 2.45) is 0 Å². The number of hydrogen-bond acceptors (Lipinski definition) is 5. The molecule has 7 nitrogen and oxygen atoms in total. The molecule has 0 unspecified atom stereocenters. The summed E-state index contributed by atoms with van der Waals surface area (Å²) in [6.45, 7) is 3.09. The van der Waals surface area contributed by atoms with Crippen molar-refractivity contribution in [1.29, 1.82) is 0 Å². The summed E-state index contributed by atoms with van der Waals surface area (Å²) >= 11 is 0. The van der Waals surface area contributed by atoms with Gasteiger partial charge in [0, 0.05) is 18.5 Å². The van der Waals surface area contributed by atoms with Crippen LogP contribution in [0.4, 0.5) is 4.39 Å². The molecule has 1 amide bonds. The molecule has 2 aromatic carbocycles. The first-order valence-corrected chi connectivity index (χ1v) is 11.9. The Morgan fingerprint density at radius 1 is 1.20 bits per heavy atom. The molecule has 2 aromatic heterocycles. The second-order valence-corrected chi connectivity index (χ2v) is 8.57. The van der Waals surface area contributed by atoms with Gasteiger partial charge in [-0.2, -0.15) is 5.10 Å². The summed E-state index contributed by atoms with van der Waals surface area (Å²) in [5, 5.41) is 7.29. The number of benzene rings is 2. The van der Waals surface area contributed by atoms with Crippen LogP contribution in [0, 0.1) is 5.82 Å². The zero-order chi connectivity index (χ0) is 24.2. The van der Waals surface area contributed by atoms with Crippen molar-refractivity contribution < 1.29 is 18.3 Å². The van der Waals surface area contributed by atoms with E-state index in [1.807, 2.05) is 36.1 Å². The number of likely N-dealkylation sites (tertiary alicyclic amines) is 1. The van der Waals surface area contributed by atoms with Gasteiger partial charge in [0.2, 0.25) is 5.89 Å². The van der Waals surface area contributed by atoms with Crippen molar-refractivity contribution >= 4 is 5.91 Å². The van der Waals surface area contributed by atoms with E-state index in [1.54, 1.807) is 24.4 Å². The molecule has 0 saturated carbocycles. The first-order chi connectivity index (χ1) is 17.1. The third kappa shape index (κ3) is 4.96. The maximum atomic E-state index is 13.5. The van der Waals surface area contributed by atoms with E-state index >= 15 is 0 Å². The van der Waals surface area contributed by atoms with Gasteiger partial charge in [0.15, 0.2) is 0 Å². The largest absolute Gasteiger partial charge is 0.493 e. The predicted octanol–water partition coefficient (Wildman–Crippen LogP) is 5.56. The van der Waals surface area contributed by atoms with Gasteiger partial charge < -0.3 is 14.1 Å². The maximum Gasteiger partial charge on any atom is 0.272 e. The minimum atomic E-state index is -0.272. The quantitative estimate of drug-likeness (QED) is 0.379. The molecule has 1 atom stereocenters. The van der Waals surface area contributed by atoms with Crippen LogP contribution in [0.3, 0.4) is 0 Å². The Labute approximate surface area is 202 Å². The van der Waals surface area contributed by atoms with E-state index < -0.39 is 0 Å². The molecule has 0 bridgehead atoms. The lowest BCUT2D eigenvalue weighted by Crippen LogP contribution is -2.38. The Kier molecular flexibility index (Phi) is 6.61. The average Bonchev–Trinajstić information content (AvgIpc) is 3.56. The second kappa shape index (κ2) is 10.1. The minimum absolute atomic E-state index is 0.138. The number of rotatable bonds is 7. The molecular weight excluding hydrogens is 447 g/mol. The van der Waals surface area contributed by atoms with Crippen LogP contribution in [-0.4, -0.2) is 39.1 Å². The van der Waals surface area contributed by atoms with Gasteiger partial charge in [-0.15, -0.1) is 0 Å². The number of aromatic amines is 1. The van der Waals surface area contributed by atoms with E-state index in [1.165, 1.54) is 12.1 Å². The highest BCUT2D eigenvalue weighted by Crippen LogP contribution is 2.33. The van der Waals surface area contributed by atoms with Crippen molar-refractivity contribution in [3.8, 4) is 17.0 Å². The minimum Gasteiger partial charge on any atom is -0.493 e. The maximum absolute atomic E-state index is 13.5. The predicted molar refractivity (Wildman–Crippen MR) is 129 cm³/mol. The molecule has 4 aromatic rings. The normalized spacial score (nSPS) is 15.8. The van der Waals surface area contributed by atoms with E-state index in [0.29, 0.717) is 42.6 Å². The van der Waals surface area contributed by atoms with Crippen LogP contribution in [-0.2, 0) is 6.42 Å². The van der Waals surface area contributed by atoms with Gasteiger partial charge in [0.25, 0.3) is 5.91 Å². The number of para-hydroxylation sites is 1. The standard InChI is InChI=1S/C27H27FN4O3/c1-2-34-25-9-4-3-7-21(25)22-16-23(31-30-22)27(33)32-14-6-5-8-24(32)26-29-17-20(35-26)15-18-10-12-19(28)13-11-18/h3-4,7,9-13,16-17,24H,2,5-6,8,14-15H2,1H3,(H,30,31)/t24-/m0/s1. The number of H-pyrrole nitrogens is 1. The van der Waals surface area contributed by atoms with Crippen LogP contribution in [0.25, 0.3) is 11.3 Å². The molecule has 0 spiro atoms. The Morgan fingerprint density at radius 2 is 2.03 bits per heavy atom. The molecule has 8 heteroatoms. The molecule has 180 valence electrons. The van der Waals surface area contributed by atoms with E-state index in [-0.39, 0.29) is 17.8 Å². The van der Waals surface area contributed by atoms with Crippen LogP contribution in [0.1, 0.15) is 59.9 Å². The van der Waals surface area contributed by atoms with Crippen LogP contribution in [0.15, 0.2) is 65.2 Å². The third-order valence-electron chi connectivity index (χ3n) is 6.18. The van der Waals surface area contributed by atoms with E-state index in [9.17, 15) is 9.18 Å². The fourth-order valence-corrected chi connectivity index (χ4v) is 4.48. The van der Waals surface area contributed by atoms with E-state index in [2.05, 4.69) is 15.2 Å². The number of halogens is 1. The number of amides is 1. The van der Waals surface area contributed by atoms with Crippen LogP contribution in [0.5, 0.6) is 5.75 Å². The highest BCUT2D eigenvalue weighted by atomic mass is 19.1. The first-order valence-electron chi connectivity index (χ1n) is 11.9. The van der Waals surface area contributed by atoms with Crippen LogP contribution < -0.4 is 4.74 Å². The number of nitrogens with zero attached hydrogens (tertiary/aromatic N) is 3. The van der Waals surface area contributed by atoms with Crippen molar-refractivity contribution in [2.75, 3.05) is 13.2 Å². The van der Waals surface area contributed by atoms with Gasteiger partial charge >= 0.3 is 0 Å². The lowest BCUT2D eigenvalue weighted by molar-refractivity contribution is 0.0564. The lowest BCUT2D eigenvalue weighted by Gasteiger charge is -2.33. The second-order valence-electron chi connectivity index (χ2n) is 8.57. The number of piperidine rings is 1. The summed E-state index contributed by atoms with van der Waals surface area (Å²) in [4.78, 5) is 19.8. The topological polar surface area (TPSA) is 84.2 Å². The molecule has 1 saturated heterocycles. The van der Waals surface area contributed by atoms with Crippen LogP contribution >= 0.6 is 0 Å². The van der Waals surface area contributed by atoms with Gasteiger partial charge in [-0.25, -0.2) is 9.37 Å². The molecule has 35 heavy (non-hydrogen) atoms. The summed E-state index contributed by atoms with van der Waals surface area (Å²) in [6.07, 6.45) is 4.88. The van der Waals surface area contributed by atoms with Gasteiger partial charge in [-0.3, -0.25) is 9.89 Å². The molecular formula is C27H27FN4O3. The Morgan fingerprint density at radius 3 is 2.86 bits per heavy atom. The first kappa shape index (κ1) is 22.8. The highest BCUT2D eigenvalue weighted by Gasteiger charge is 2.33. The Bertz CT molecular complexity index is 1300. The van der Waals surface area contributed by atoms with Gasteiger partial charge in [-0.05, 0) is 62.1 Å². The summed E-state index contributed by atoms with van der Waals surface area (Å²) in [6, 6.07) is 15.5. The van der Waals surface area contributed by atoms with Gasteiger partial charge in [-0.1, -0.05) is 24.3 Å². The number of carbonyl (C=O) groups excluding carboxylic acids is 1. The Hall–Kier alpha value is -3.94. The molecule has 1 aliphatic rings. The van der Waals surface area contributed by atoms with E-state index in [0.717, 1.165) is 36.1 Å². The zero-order valence-corrected chi connectivity index (χ0v) is 19.5. The fraction of sp³-hybridized carbons (Fsp3) is 0.296. The molecule has 3 heterocycles. The number of aromatic nitrogens is 3. The molecule has 0 radical (unpaired) electrons. The monoisotopic (exact) mass is 474 g/mol. The summed E-state index contributed by atoms with van der Waals surface area (Å²) in [5.41, 5.74) is 2.83. The SMILES string of the molecule is CCOc1ccccc1-c1cc(C(=O)N2CCCC[C@H]2c2ncc(Cc3ccc(F)cc3)o2)[nH]n1. The molecule has 0 aliphatic carbocycles. The summed E-state index contributed by atoms with van der Waals surface area (Å²) in [7, 11) is 0. The zero-order valence-electron chi connectivity index (χ0n) is 19.5. The van der Waals surface area contributed by atoms with Crippen molar-refractivity contribution in [3.63, 3.8) is 0 Å². The van der Waals surface area contributed by atoms with Crippen LogP contribution in [0.2, 0.25) is 0 Å². The number of nitrogens with one attached hydrogen (secondary N) is 1. The smallest absolute Gasteiger partial charge is 0.272 e. The molecule has 1 N–H and O–H groups in total. The molecule has 1 fully saturated rings.